The summed E-state index contributed by atoms with van der Waals surface area (Å²) in [4.78, 5) is 14.5. The highest BCUT2D eigenvalue weighted by molar-refractivity contribution is 7.80. The monoisotopic (exact) mass is 388 g/mol. The minimum atomic E-state index is -0.988. The van der Waals surface area contributed by atoms with Gasteiger partial charge in [-0.3, -0.25) is 4.79 Å². The van der Waals surface area contributed by atoms with Gasteiger partial charge in [0.15, 0.2) is 10.8 Å². The predicted molar refractivity (Wildman–Crippen MR) is 96.5 cm³/mol. The third-order valence-corrected chi connectivity index (χ3v) is 5.35. The quantitative estimate of drug-likeness (QED) is 0.631. The van der Waals surface area contributed by atoms with Crippen LogP contribution in [-0.4, -0.2) is 34.9 Å². The summed E-state index contributed by atoms with van der Waals surface area (Å²) in [6.45, 7) is 6.43. The third kappa shape index (κ3) is 2.52. The van der Waals surface area contributed by atoms with Gasteiger partial charge in [0, 0.05) is 17.1 Å². The Morgan fingerprint density at radius 2 is 2.17 bits per heavy atom. The van der Waals surface area contributed by atoms with E-state index in [1.165, 1.54) is 0 Å². The number of hydrogen-bond acceptors (Lipinski definition) is 4. The number of rotatable bonds is 3. The second-order valence-corrected chi connectivity index (χ2v) is 7.09. The number of ether oxygens (including phenoxy) is 2. The summed E-state index contributed by atoms with van der Waals surface area (Å²) in [6.07, 6.45) is 0. The molecule has 0 spiro atoms. The topological polar surface area (TPSA) is 50.8 Å². The van der Waals surface area contributed by atoms with Crippen molar-refractivity contribution in [1.29, 1.82) is 0 Å². The van der Waals surface area contributed by atoms with E-state index in [1.54, 1.807) is 19.1 Å². The van der Waals surface area contributed by atoms with Crippen LogP contribution in [0.5, 0.6) is 5.75 Å². The molecule has 1 fully saturated rings. The van der Waals surface area contributed by atoms with Crippen LogP contribution in [0, 0.1) is 5.92 Å². The fourth-order valence-electron chi connectivity index (χ4n) is 3.52. The summed E-state index contributed by atoms with van der Waals surface area (Å²) in [7, 11) is 0. The molecule has 0 radical (unpaired) electrons. The van der Waals surface area contributed by atoms with Crippen LogP contribution in [0.1, 0.15) is 32.4 Å². The molecule has 0 aliphatic carbocycles. The van der Waals surface area contributed by atoms with Crippen molar-refractivity contribution >= 4 is 46.5 Å². The summed E-state index contributed by atoms with van der Waals surface area (Å²) in [5.74, 6) is -0.436. The molecule has 1 aromatic carbocycles. The Labute approximate surface area is 156 Å². The molecule has 0 unspecified atom stereocenters. The first-order chi connectivity index (χ1) is 11.3. The van der Waals surface area contributed by atoms with Crippen LogP contribution in [0.2, 0.25) is 10.0 Å². The Morgan fingerprint density at radius 1 is 1.46 bits per heavy atom. The summed E-state index contributed by atoms with van der Waals surface area (Å²) in [6, 6.07) is 2.96. The lowest BCUT2D eigenvalue weighted by Crippen LogP contribution is -2.71. The van der Waals surface area contributed by atoms with Crippen molar-refractivity contribution in [3.05, 3.63) is 27.7 Å². The van der Waals surface area contributed by atoms with E-state index in [9.17, 15) is 4.79 Å². The van der Waals surface area contributed by atoms with Crippen molar-refractivity contribution in [2.75, 3.05) is 13.2 Å². The molecule has 5 nitrogen and oxygen atoms in total. The normalized spacial score (nSPS) is 27.9. The molecule has 1 aromatic rings. The van der Waals surface area contributed by atoms with E-state index >= 15 is 0 Å². The van der Waals surface area contributed by atoms with E-state index in [0.717, 1.165) is 0 Å². The molecular weight excluding hydrogens is 371 g/mol. The molecule has 1 N–H and O–H groups in total. The van der Waals surface area contributed by atoms with Gasteiger partial charge in [-0.15, -0.1) is 0 Å². The van der Waals surface area contributed by atoms with Crippen molar-refractivity contribution in [1.82, 2.24) is 10.2 Å². The maximum atomic E-state index is 12.7. The molecule has 2 heterocycles. The van der Waals surface area contributed by atoms with Gasteiger partial charge in [-0.2, -0.15) is 0 Å². The van der Waals surface area contributed by atoms with Gasteiger partial charge < -0.3 is 19.7 Å². The lowest BCUT2D eigenvalue weighted by Gasteiger charge is -2.55. The van der Waals surface area contributed by atoms with Crippen molar-refractivity contribution in [2.45, 2.75) is 32.5 Å². The van der Waals surface area contributed by atoms with Gasteiger partial charge in [0.1, 0.15) is 11.7 Å². The zero-order valence-electron chi connectivity index (χ0n) is 13.6. The number of nitrogens with zero attached hydrogens (tertiary/aromatic N) is 1. The van der Waals surface area contributed by atoms with Crippen LogP contribution >= 0.6 is 35.4 Å². The van der Waals surface area contributed by atoms with E-state index < -0.39 is 17.7 Å². The molecule has 24 heavy (non-hydrogen) atoms. The maximum absolute atomic E-state index is 12.7. The van der Waals surface area contributed by atoms with Crippen LogP contribution in [-0.2, 0) is 9.53 Å². The largest absolute Gasteiger partial charge is 0.466 e. The molecule has 0 aromatic heterocycles. The molecule has 0 amide bonds. The Morgan fingerprint density at radius 3 is 2.79 bits per heavy atom. The van der Waals surface area contributed by atoms with Gasteiger partial charge in [-0.05, 0) is 45.1 Å². The average molecular weight is 389 g/mol. The first-order valence-electron chi connectivity index (χ1n) is 7.76. The average Bonchev–Trinajstić information content (AvgIpc) is 2.48. The smallest absolute Gasteiger partial charge is 0.317 e. The number of carbonyl (C=O) groups excluding carboxylic acids is 1. The second kappa shape index (κ2) is 6.24. The predicted octanol–water partition coefficient (Wildman–Crippen LogP) is 3.53. The number of nitrogens with one attached hydrogen (secondary N) is 1. The standard InChI is InChI=1S/C16H18Cl2N2O3S/c1-4-20-15(24)19-12-9-6-8(17)7-10(18)13(9)23-16(20,3)11(12)14(21)22-5-2/h6-7,11-12H,4-5H2,1-3H3,(H,19,24)/t11-,12-,16+/m0/s1. The van der Waals surface area contributed by atoms with Crippen LogP contribution < -0.4 is 10.1 Å². The number of benzene rings is 1. The molecule has 0 saturated carbocycles. The van der Waals surface area contributed by atoms with Gasteiger partial charge in [-0.25, -0.2) is 0 Å². The van der Waals surface area contributed by atoms with E-state index in [-0.39, 0.29) is 12.6 Å². The van der Waals surface area contributed by atoms with Gasteiger partial charge >= 0.3 is 5.97 Å². The van der Waals surface area contributed by atoms with Gasteiger partial charge in [0.2, 0.25) is 0 Å². The second-order valence-electron chi connectivity index (χ2n) is 5.86. The zero-order chi connectivity index (χ0) is 17.6. The SMILES string of the molecule is CCOC(=O)[C@@H]1[C@H]2NC(=S)N(CC)[C@]1(C)Oc1c(Cl)cc(Cl)cc12. The zero-order valence-corrected chi connectivity index (χ0v) is 15.9. The molecule has 2 aliphatic rings. The summed E-state index contributed by atoms with van der Waals surface area (Å²) in [5.41, 5.74) is -0.278. The van der Waals surface area contributed by atoms with Crippen LogP contribution in [0.15, 0.2) is 12.1 Å². The summed E-state index contributed by atoms with van der Waals surface area (Å²) >= 11 is 17.9. The number of carbonyl (C=O) groups is 1. The van der Waals surface area contributed by atoms with Gasteiger partial charge in [0.05, 0.1) is 17.7 Å². The molecule has 2 aliphatic heterocycles. The van der Waals surface area contributed by atoms with Crippen LogP contribution in [0.3, 0.4) is 0 Å². The maximum Gasteiger partial charge on any atom is 0.317 e. The Balaban J connectivity index is 2.20. The number of hydrogen-bond donors (Lipinski definition) is 1. The Kier molecular flexibility index (Phi) is 4.57. The van der Waals surface area contributed by atoms with Crippen molar-refractivity contribution in [3.8, 4) is 5.75 Å². The lowest BCUT2D eigenvalue weighted by atomic mass is 9.79. The fourth-order valence-corrected chi connectivity index (χ4v) is 4.50. The highest BCUT2D eigenvalue weighted by Crippen LogP contribution is 2.51. The number of thiocarbonyl (C=S) groups is 1. The minimum absolute atomic E-state index is 0.290. The van der Waals surface area contributed by atoms with Crippen molar-refractivity contribution in [2.24, 2.45) is 5.92 Å². The lowest BCUT2D eigenvalue weighted by molar-refractivity contribution is -0.174. The molecule has 3 rings (SSSR count). The number of fused-ring (bicyclic) bond motifs is 4. The highest BCUT2D eigenvalue weighted by Gasteiger charge is 2.59. The Bertz CT molecular complexity index is 715. The molecule has 130 valence electrons. The summed E-state index contributed by atoms with van der Waals surface area (Å²) in [5, 5.41) is 4.63. The van der Waals surface area contributed by atoms with E-state index in [2.05, 4.69) is 5.32 Å². The van der Waals surface area contributed by atoms with Crippen molar-refractivity contribution in [3.63, 3.8) is 0 Å². The molecule has 2 bridgehead atoms. The van der Waals surface area contributed by atoms with Crippen molar-refractivity contribution < 1.29 is 14.3 Å². The van der Waals surface area contributed by atoms with Crippen LogP contribution in [0.25, 0.3) is 0 Å². The highest BCUT2D eigenvalue weighted by atomic mass is 35.5. The van der Waals surface area contributed by atoms with E-state index in [0.29, 0.717) is 33.0 Å². The minimum Gasteiger partial charge on any atom is -0.466 e. The van der Waals surface area contributed by atoms with E-state index in [1.807, 2.05) is 18.7 Å². The molecule has 1 saturated heterocycles. The Hall–Kier alpha value is -1.24. The first-order valence-corrected chi connectivity index (χ1v) is 8.92. The fraction of sp³-hybridized carbons (Fsp3) is 0.500. The number of esters is 1. The summed E-state index contributed by atoms with van der Waals surface area (Å²) < 4.78 is 11.5. The third-order valence-electron chi connectivity index (χ3n) is 4.51. The number of halogens is 2. The molecular formula is C16H18Cl2N2O3S. The van der Waals surface area contributed by atoms with Crippen LogP contribution in [0.4, 0.5) is 0 Å². The van der Waals surface area contributed by atoms with Gasteiger partial charge in [-0.1, -0.05) is 23.2 Å². The van der Waals surface area contributed by atoms with E-state index in [4.69, 9.17) is 44.9 Å². The molecule has 8 heteroatoms. The molecule has 3 atom stereocenters. The first kappa shape index (κ1) is 17.6. The van der Waals surface area contributed by atoms with Gasteiger partial charge in [0.25, 0.3) is 0 Å².